The van der Waals surface area contributed by atoms with Gasteiger partial charge in [-0.15, -0.1) is 0 Å². The van der Waals surface area contributed by atoms with Crippen molar-refractivity contribution in [3.63, 3.8) is 0 Å². The standard InChI is InChI=1S/C12H24N2O2S/c1-17(15,16)9-7-13-6-8-14(12-4-5-12)10-11-2-3-11/h11-13H,2-10H2,1H3. The Balaban J connectivity index is 1.55. The summed E-state index contributed by atoms with van der Waals surface area (Å²) in [5.74, 6) is 1.20. The molecule has 0 heterocycles. The Morgan fingerprint density at radius 3 is 2.41 bits per heavy atom. The fourth-order valence-corrected chi connectivity index (χ4v) is 2.62. The summed E-state index contributed by atoms with van der Waals surface area (Å²) in [6.07, 6.45) is 6.82. The highest BCUT2D eigenvalue weighted by Crippen LogP contribution is 2.34. The molecular weight excluding hydrogens is 236 g/mol. The van der Waals surface area contributed by atoms with E-state index in [0.29, 0.717) is 6.54 Å². The van der Waals surface area contributed by atoms with Crippen molar-refractivity contribution in [2.24, 2.45) is 5.92 Å². The zero-order valence-electron chi connectivity index (χ0n) is 10.7. The van der Waals surface area contributed by atoms with E-state index in [4.69, 9.17) is 0 Å². The first kappa shape index (κ1) is 13.3. The first-order chi connectivity index (χ1) is 8.04. The van der Waals surface area contributed by atoms with E-state index < -0.39 is 9.84 Å². The van der Waals surface area contributed by atoms with Gasteiger partial charge in [0.1, 0.15) is 9.84 Å². The first-order valence-corrected chi connectivity index (χ1v) is 8.73. The average Bonchev–Trinajstić information content (AvgIpc) is 3.08. The summed E-state index contributed by atoms with van der Waals surface area (Å²) in [6, 6.07) is 0.826. The van der Waals surface area contributed by atoms with E-state index in [2.05, 4.69) is 10.2 Å². The highest BCUT2D eigenvalue weighted by Gasteiger charge is 2.32. The van der Waals surface area contributed by atoms with E-state index >= 15 is 0 Å². The van der Waals surface area contributed by atoms with Crippen molar-refractivity contribution in [3.8, 4) is 0 Å². The highest BCUT2D eigenvalue weighted by atomic mass is 32.2. The topological polar surface area (TPSA) is 49.4 Å². The van der Waals surface area contributed by atoms with Gasteiger partial charge in [-0.2, -0.15) is 0 Å². The second-order valence-corrected chi connectivity index (χ2v) is 7.81. The molecule has 2 rings (SSSR count). The smallest absolute Gasteiger partial charge is 0.148 e. The maximum atomic E-state index is 10.9. The van der Waals surface area contributed by atoms with E-state index in [-0.39, 0.29) is 5.75 Å². The summed E-state index contributed by atoms with van der Waals surface area (Å²) < 4.78 is 21.9. The normalized spacial score (nSPS) is 21.1. The Kier molecular flexibility index (Phi) is 4.44. The van der Waals surface area contributed by atoms with Gasteiger partial charge in [0, 0.05) is 38.5 Å². The van der Waals surface area contributed by atoms with Crippen LogP contribution >= 0.6 is 0 Å². The Bertz CT molecular complexity index is 334. The molecule has 0 unspecified atom stereocenters. The monoisotopic (exact) mass is 260 g/mol. The fraction of sp³-hybridized carbons (Fsp3) is 1.00. The number of nitrogens with zero attached hydrogens (tertiary/aromatic N) is 1. The molecule has 2 fully saturated rings. The van der Waals surface area contributed by atoms with E-state index in [1.807, 2.05) is 0 Å². The fourth-order valence-electron chi connectivity index (χ4n) is 2.10. The predicted octanol–water partition coefficient (Wildman–Crippen LogP) is 0.495. The molecule has 2 saturated carbocycles. The molecule has 2 aliphatic carbocycles. The van der Waals surface area contributed by atoms with Gasteiger partial charge >= 0.3 is 0 Å². The lowest BCUT2D eigenvalue weighted by Gasteiger charge is -2.21. The lowest BCUT2D eigenvalue weighted by molar-refractivity contribution is 0.253. The van der Waals surface area contributed by atoms with Gasteiger partial charge in [0.05, 0.1) is 5.75 Å². The SMILES string of the molecule is CS(=O)(=O)CCNCCN(CC1CC1)C1CC1. The average molecular weight is 260 g/mol. The van der Waals surface area contributed by atoms with Gasteiger partial charge in [0.2, 0.25) is 0 Å². The highest BCUT2D eigenvalue weighted by molar-refractivity contribution is 7.90. The third-order valence-corrected chi connectivity index (χ3v) is 4.42. The Morgan fingerprint density at radius 2 is 1.88 bits per heavy atom. The van der Waals surface area contributed by atoms with Gasteiger partial charge < -0.3 is 5.32 Å². The van der Waals surface area contributed by atoms with Crippen LogP contribution in [0.3, 0.4) is 0 Å². The van der Waals surface area contributed by atoms with Crippen molar-refractivity contribution in [3.05, 3.63) is 0 Å². The first-order valence-electron chi connectivity index (χ1n) is 6.67. The Labute approximate surface area is 105 Å². The van der Waals surface area contributed by atoms with Crippen molar-refractivity contribution < 1.29 is 8.42 Å². The van der Waals surface area contributed by atoms with Crippen LogP contribution in [-0.4, -0.2) is 57.5 Å². The van der Waals surface area contributed by atoms with Crippen LogP contribution in [0.1, 0.15) is 25.7 Å². The van der Waals surface area contributed by atoms with Crippen molar-refractivity contribution >= 4 is 9.84 Å². The van der Waals surface area contributed by atoms with E-state index in [0.717, 1.165) is 25.0 Å². The molecule has 0 saturated heterocycles. The van der Waals surface area contributed by atoms with E-state index in [1.54, 1.807) is 0 Å². The predicted molar refractivity (Wildman–Crippen MR) is 69.9 cm³/mol. The lowest BCUT2D eigenvalue weighted by atomic mass is 10.3. The van der Waals surface area contributed by atoms with Crippen molar-refractivity contribution in [1.29, 1.82) is 0 Å². The van der Waals surface area contributed by atoms with Gasteiger partial charge in [-0.05, 0) is 31.6 Å². The Morgan fingerprint density at radius 1 is 1.18 bits per heavy atom. The van der Waals surface area contributed by atoms with Gasteiger partial charge in [-0.3, -0.25) is 4.90 Å². The molecule has 0 aromatic heterocycles. The third-order valence-electron chi connectivity index (χ3n) is 3.48. The summed E-state index contributed by atoms with van der Waals surface area (Å²) in [5, 5.41) is 3.23. The van der Waals surface area contributed by atoms with Gasteiger partial charge in [-0.1, -0.05) is 0 Å². The van der Waals surface area contributed by atoms with Crippen molar-refractivity contribution in [2.75, 3.05) is 38.2 Å². The van der Waals surface area contributed by atoms with Crippen molar-refractivity contribution in [2.45, 2.75) is 31.7 Å². The number of hydrogen-bond donors (Lipinski definition) is 1. The number of rotatable bonds is 9. The molecule has 4 nitrogen and oxygen atoms in total. The van der Waals surface area contributed by atoms with Crippen LogP contribution in [-0.2, 0) is 9.84 Å². The maximum absolute atomic E-state index is 10.9. The second-order valence-electron chi connectivity index (χ2n) is 5.55. The summed E-state index contributed by atoms with van der Waals surface area (Å²) in [5.41, 5.74) is 0. The molecule has 0 bridgehead atoms. The van der Waals surface area contributed by atoms with Crippen LogP contribution in [0, 0.1) is 5.92 Å². The van der Waals surface area contributed by atoms with Gasteiger partial charge in [0.25, 0.3) is 0 Å². The summed E-state index contributed by atoms with van der Waals surface area (Å²) >= 11 is 0. The lowest BCUT2D eigenvalue weighted by Crippen LogP contribution is -2.36. The largest absolute Gasteiger partial charge is 0.314 e. The molecule has 0 radical (unpaired) electrons. The molecular formula is C12H24N2O2S. The molecule has 0 aromatic rings. The minimum absolute atomic E-state index is 0.249. The van der Waals surface area contributed by atoms with E-state index in [9.17, 15) is 8.42 Å². The quantitative estimate of drug-likeness (QED) is 0.613. The van der Waals surface area contributed by atoms with Gasteiger partial charge in [-0.25, -0.2) is 8.42 Å². The molecule has 1 N–H and O–H groups in total. The number of sulfone groups is 1. The molecule has 0 aliphatic heterocycles. The maximum Gasteiger partial charge on any atom is 0.148 e. The molecule has 0 atom stereocenters. The molecule has 0 amide bonds. The number of nitrogens with one attached hydrogen (secondary N) is 1. The molecule has 100 valence electrons. The zero-order chi connectivity index (χ0) is 12.3. The molecule has 5 heteroatoms. The van der Waals surface area contributed by atoms with Crippen molar-refractivity contribution in [1.82, 2.24) is 10.2 Å². The molecule has 2 aliphatic rings. The summed E-state index contributed by atoms with van der Waals surface area (Å²) in [7, 11) is -2.81. The van der Waals surface area contributed by atoms with Crippen LogP contribution in [0.5, 0.6) is 0 Å². The van der Waals surface area contributed by atoms with Crippen LogP contribution < -0.4 is 5.32 Å². The minimum atomic E-state index is -2.81. The second kappa shape index (κ2) is 5.67. The van der Waals surface area contributed by atoms with Crippen LogP contribution in [0.15, 0.2) is 0 Å². The van der Waals surface area contributed by atoms with Gasteiger partial charge in [0.15, 0.2) is 0 Å². The van der Waals surface area contributed by atoms with Crippen LogP contribution in [0.4, 0.5) is 0 Å². The summed E-state index contributed by atoms with van der Waals surface area (Å²) in [4.78, 5) is 2.59. The number of hydrogen-bond acceptors (Lipinski definition) is 4. The molecule has 0 aromatic carbocycles. The van der Waals surface area contributed by atoms with E-state index in [1.165, 1.54) is 38.5 Å². The molecule has 0 spiro atoms. The minimum Gasteiger partial charge on any atom is -0.314 e. The van der Waals surface area contributed by atoms with Crippen LogP contribution in [0.25, 0.3) is 0 Å². The Hall–Kier alpha value is -0.130. The zero-order valence-corrected chi connectivity index (χ0v) is 11.5. The third kappa shape index (κ3) is 5.84. The summed E-state index contributed by atoms with van der Waals surface area (Å²) in [6.45, 7) is 3.84. The molecule has 17 heavy (non-hydrogen) atoms. The van der Waals surface area contributed by atoms with Crippen LogP contribution in [0.2, 0.25) is 0 Å².